The Morgan fingerprint density at radius 3 is 2.61 bits per heavy atom. The molecular formula is C22H26N4O5. The fourth-order valence-corrected chi connectivity index (χ4v) is 5.12. The van der Waals surface area contributed by atoms with E-state index < -0.39 is 23.8 Å². The monoisotopic (exact) mass is 426 g/mol. The van der Waals surface area contributed by atoms with Crippen molar-refractivity contribution in [3.05, 3.63) is 34.9 Å². The lowest BCUT2D eigenvalue weighted by Gasteiger charge is -2.44. The van der Waals surface area contributed by atoms with Gasteiger partial charge in [0.1, 0.15) is 6.04 Å². The van der Waals surface area contributed by atoms with Crippen molar-refractivity contribution in [3.8, 4) is 0 Å². The largest absolute Gasteiger partial charge is 0.378 e. The van der Waals surface area contributed by atoms with E-state index >= 15 is 0 Å². The lowest BCUT2D eigenvalue weighted by molar-refractivity contribution is -0.136. The van der Waals surface area contributed by atoms with Gasteiger partial charge in [0.05, 0.1) is 24.3 Å². The van der Waals surface area contributed by atoms with Crippen LogP contribution in [-0.2, 0) is 20.9 Å². The topological polar surface area (TPSA) is 108 Å². The number of carbonyl (C=O) groups excluding carboxylic acids is 4. The second kappa shape index (κ2) is 7.81. The van der Waals surface area contributed by atoms with E-state index in [9.17, 15) is 19.2 Å². The number of amides is 4. The van der Waals surface area contributed by atoms with Crippen molar-refractivity contribution in [2.45, 2.75) is 43.8 Å². The molecule has 4 amide bonds. The zero-order chi connectivity index (χ0) is 21.6. The van der Waals surface area contributed by atoms with E-state index in [4.69, 9.17) is 4.74 Å². The normalized spacial score (nSPS) is 26.3. The summed E-state index contributed by atoms with van der Waals surface area (Å²) in [5, 5.41) is 5.84. The number of rotatable bonds is 3. The van der Waals surface area contributed by atoms with Crippen LogP contribution in [0.15, 0.2) is 18.2 Å². The SMILES string of the molecule is O=C1CCC(N2C(=O)c3cccc(CN4CCC5(CC4)COCCN5)c3C2=O)C(=O)N1. The van der Waals surface area contributed by atoms with E-state index in [-0.39, 0.29) is 24.3 Å². The van der Waals surface area contributed by atoms with Gasteiger partial charge < -0.3 is 10.1 Å². The number of fused-ring (bicyclic) bond motifs is 1. The van der Waals surface area contributed by atoms with Crippen molar-refractivity contribution < 1.29 is 23.9 Å². The first-order valence-electron chi connectivity index (χ1n) is 10.9. The molecule has 164 valence electrons. The first-order chi connectivity index (χ1) is 15.0. The Balaban J connectivity index is 1.33. The van der Waals surface area contributed by atoms with Gasteiger partial charge in [-0.1, -0.05) is 12.1 Å². The molecule has 1 aromatic rings. The summed E-state index contributed by atoms with van der Waals surface area (Å²) in [4.78, 5) is 53.3. The van der Waals surface area contributed by atoms with Gasteiger partial charge in [0.15, 0.2) is 0 Å². The molecule has 1 spiro atoms. The van der Waals surface area contributed by atoms with Crippen molar-refractivity contribution in [1.29, 1.82) is 0 Å². The van der Waals surface area contributed by atoms with Gasteiger partial charge in [-0.05, 0) is 30.9 Å². The Hall–Kier alpha value is -2.62. The molecule has 3 fully saturated rings. The third kappa shape index (κ3) is 3.56. The third-order valence-electron chi connectivity index (χ3n) is 6.89. The van der Waals surface area contributed by atoms with Crippen LogP contribution in [0.2, 0.25) is 0 Å². The quantitative estimate of drug-likeness (QED) is 0.657. The average molecular weight is 426 g/mol. The van der Waals surface area contributed by atoms with Crippen LogP contribution in [0.5, 0.6) is 0 Å². The lowest BCUT2D eigenvalue weighted by Crippen LogP contribution is -2.59. The number of morpholine rings is 1. The highest BCUT2D eigenvalue weighted by Crippen LogP contribution is 2.32. The van der Waals surface area contributed by atoms with Gasteiger partial charge >= 0.3 is 0 Å². The number of nitrogens with one attached hydrogen (secondary N) is 2. The minimum atomic E-state index is -0.940. The highest BCUT2D eigenvalue weighted by molar-refractivity contribution is 6.24. The number of carbonyl (C=O) groups is 4. The molecule has 0 aliphatic carbocycles. The molecule has 4 aliphatic heterocycles. The second-order valence-electron chi connectivity index (χ2n) is 8.82. The summed E-state index contributed by atoms with van der Waals surface area (Å²) in [5.74, 6) is -1.87. The molecule has 31 heavy (non-hydrogen) atoms. The summed E-state index contributed by atoms with van der Waals surface area (Å²) in [6.45, 7) is 4.68. The molecule has 0 radical (unpaired) electrons. The molecule has 4 heterocycles. The highest BCUT2D eigenvalue weighted by atomic mass is 16.5. The van der Waals surface area contributed by atoms with E-state index in [0.717, 1.165) is 56.2 Å². The van der Waals surface area contributed by atoms with Gasteiger partial charge in [0.25, 0.3) is 11.8 Å². The van der Waals surface area contributed by atoms with Crippen LogP contribution in [-0.4, -0.2) is 77.9 Å². The van der Waals surface area contributed by atoms with Crippen LogP contribution in [0, 0.1) is 0 Å². The van der Waals surface area contributed by atoms with Crippen LogP contribution in [0.4, 0.5) is 0 Å². The van der Waals surface area contributed by atoms with Gasteiger partial charge in [-0.15, -0.1) is 0 Å². The van der Waals surface area contributed by atoms with E-state index in [2.05, 4.69) is 15.5 Å². The fraction of sp³-hybridized carbons (Fsp3) is 0.545. The number of piperidine rings is 2. The van der Waals surface area contributed by atoms with Gasteiger partial charge in [-0.25, -0.2) is 0 Å². The molecule has 2 N–H and O–H groups in total. The van der Waals surface area contributed by atoms with E-state index in [0.29, 0.717) is 17.7 Å². The molecule has 1 unspecified atom stereocenters. The number of benzene rings is 1. The molecule has 5 rings (SSSR count). The Morgan fingerprint density at radius 2 is 1.90 bits per heavy atom. The fourth-order valence-electron chi connectivity index (χ4n) is 5.12. The minimum absolute atomic E-state index is 0.0434. The summed E-state index contributed by atoms with van der Waals surface area (Å²) in [6.07, 6.45) is 2.22. The molecule has 0 bridgehead atoms. The Kier molecular flexibility index (Phi) is 5.11. The van der Waals surface area contributed by atoms with E-state index in [1.807, 2.05) is 6.07 Å². The summed E-state index contributed by atoms with van der Waals surface area (Å²) in [7, 11) is 0. The zero-order valence-electron chi connectivity index (χ0n) is 17.3. The van der Waals surface area contributed by atoms with Crippen molar-refractivity contribution in [2.75, 3.05) is 32.8 Å². The molecule has 9 heteroatoms. The molecule has 0 saturated carbocycles. The van der Waals surface area contributed by atoms with Crippen LogP contribution >= 0.6 is 0 Å². The van der Waals surface area contributed by atoms with Crippen LogP contribution in [0.1, 0.15) is 52.0 Å². The number of hydrogen-bond acceptors (Lipinski definition) is 7. The molecule has 3 saturated heterocycles. The van der Waals surface area contributed by atoms with Crippen LogP contribution in [0.3, 0.4) is 0 Å². The van der Waals surface area contributed by atoms with Crippen molar-refractivity contribution >= 4 is 23.6 Å². The number of imide groups is 2. The molecule has 4 aliphatic rings. The van der Waals surface area contributed by atoms with Gasteiger partial charge in [0.2, 0.25) is 11.8 Å². The summed E-state index contributed by atoms with van der Waals surface area (Å²) >= 11 is 0. The molecule has 1 aromatic carbocycles. The van der Waals surface area contributed by atoms with Crippen molar-refractivity contribution in [2.24, 2.45) is 0 Å². The van der Waals surface area contributed by atoms with Gasteiger partial charge in [0, 0.05) is 38.1 Å². The summed E-state index contributed by atoms with van der Waals surface area (Å²) in [6, 6.07) is 4.36. The Bertz CT molecular complexity index is 945. The zero-order valence-corrected chi connectivity index (χ0v) is 17.3. The molecule has 9 nitrogen and oxygen atoms in total. The lowest BCUT2D eigenvalue weighted by atomic mass is 9.87. The van der Waals surface area contributed by atoms with Crippen LogP contribution in [0.25, 0.3) is 0 Å². The van der Waals surface area contributed by atoms with Crippen molar-refractivity contribution in [1.82, 2.24) is 20.4 Å². The molecule has 1 atom stereocenters. The van der Waals surface area contributed by atoms with E-state index in [1.165, 1.54) is 0 Å². The standard InChI is InChI=1S/C22H26N4O5/c27-17-5-4-16(19(28)24-17)26-20(29)15-3-1-2-14(18(15)21(26)30)12-25-9-6-22(7-10-25)13-31-11-8-23-22/h1-3,16,23H,4-13H2,(H,24,27,28). The van der Waals surface area contributed by atoms with Crippen LogP contribution < -0.4 is 10.6 Å². The smallest absolute Gasteiger partial charge is 0.262 e. The average Bonchev–Trinajstić information content (AvgIpc) is 3.02. The maximum Gasteiger partial charge on any atom is 0.262 e. The summed E-state index contributed by atoms with van der Waals surface area (Å²) in [5.41, 5.74) is 1.57. The molecule has 0 aromatic heterocycles. The second-order valence-corrected chi connectivity index (χ2v) is 8.82. The third-order valence-corrected chi connectivity index (χ3v) is 6.89. The summed E-state index contributed by atoms with van der Waals surface area (Å²) < 4.78 is 5.67. The predicted octanol–water partition coefficient (Wildman–Crippen LogP) is 0.0422. The van der Waals surface area contributed by atoms with Gasteiger partial charge in [-0.3, -0.25) is 34.3 Å². The Morgan fingerprint density at radius 1 is 1.10 bits per heavy atom. The minimum Gasteiger partial charge on any atom is -0.378 e. The first-order valence-corrected chi connectivity index (χ1v) is 10.9. The number of nitrogens with zero attached hydrogens (tertiary/aromatic N) is 2. The van der Waals surface area contributed by atoms with E-state index in [1.54, 1.807) is 12.1 Å². The number of ether oxygens (including phenoxy) is 1. The predicted molar refractivity (Wildman–Crippen MR) is 109 cm³/mol. The first kappa shape index (κ1) is 20.3. The highest BCUT2D eigenvalue weighted by Gasteiger charge is 2.45. The maximum absolute atomic E-state index is 13.2. The molecular weight excluding hydrogens is 400 g/mol. The number of hydrogen-bond donors (Lipinski definition) is 2. The Labute approximate surface area is 180 Å². The maximum atomic E-state index is 13.2. The van der Waals surface area contributed by atoms with Gasteiger partial charge in [-0.2, -0.15) is 0 Å². The number of likely N-dealkylation sites (tertiary alicyclic amines) is 1. The van der Waals surface area contributed by atoms with Crippen molar-refractivity contribution in [3.63, 3.8) is 0 Å².